The van der Waals surface area contributed by atoms with E-state index in [9.17, 15) is 4.79 Å². The van der Waals surface area contributed by atoms with Gasteiger partial charge in [-0.05, 0) is 55.5 Å². The van der Waals surface area contributed by atoms with Crippen LogP contribution in [0.25, 0.3) is 0 Å². The molecule has 4 heteroatoms. The van der Waals surface area contributed by atoms with Crippen molar-refractivity contribution in [2.75, 3.05) is 0 Å². The van der Waals surface area contributed by atoms with E-state index in [0.29, 0.717) is 0 Å². The van der Waals surface area contributed by atoms with Crippen molar-refractivity contribution in [1.29, 1.82) is 5.26 Å². The van der Waals surface area contributed by atoms with Gasteiger partial charge < -0.3 is 5.32 Å². The summed E-state index contributed by atoms with van der Waals surface area (Å²) >= 11 is 1.76. The molecule has 3 rings (SSSR count). The van der Waals surface area contributed by atoms with Crippen LogP contribution in [0.4, 0.5) is 0 Å². The normalized spacial score (nSPS) is 29.5. The summed E-state index contributed by atoms with van der Waals surface area (Å²) in [7, 11) is 0. The minimum Gasteiger partial charge on any atom is -0.352 e. The molecule has 3 unspecified atom stereocenters. The summed E-state index contributed by atoms with van der Waals surface area (Å²) in [5, 5.41) is 14.3. The third-order valence-electron chi connectivity index (χ3n) is 4.38. The van der Waals surface area contributed by atoms with E-state index in [1.807, 2.05) is 0 Å². The minimum absolute atomic E-state index is 0.00878. The number of carbonyl (C=O) groups is 1. The van der Waals surface area contributed by atoms with Crippen LogP contribution in [0.1, 0.15) is 48.5 Å². The smallest absolute Gasteiger partial charge is 0.227 e. The molecule has 0 saturated heterocycles. The molecule has 0 aliphatic heterocycles. The molecule has 0 spiro atoms. The van der Waals surface area contributed by atoms with E-state index in [1.54, 1.807) is 11.3 Å². The molecule has 3 atom stereocenters. The van der Waals surface area contributed by atoms with E-state index in [-0.39, 0.29) is 23.8 Å². The van der Waals surface area contributed by atoms with Gasteiger partial charge in [-0.1, -0.05) is 0 Å². The Morgan fingerprint density at radius 1 is 1.37 bits per heavy atom. The molecule has 2 aliphatic carbocycles. The number of thiophene rings is 1. The second-order valence-corrected chi connectivity index (χ2v) is 6.53. The lowest BCUT2D eigenvalue weighted by molar-refractivity contribution is -0.123. The van der Waals surface area contributed by atoms with Crippen molar-refractivity contribution >= 4 is 17.2 Å². The fourth-order valence-corrected chi connectivity index (χ4v) is 4.32. The number of fused-ring (bicyclic) bond motifs is 1. The molecule has 100 valence electrons. The molecule has 2 aliphatic rings. The minimum atomic E-state index is 0.00878. The van der Waals surface area contributed by atoms with Crippen LogP contribution in [0.2, 0.25) is 0 Å². The maximum absolute atomic E-state index is 12.5. The molecule has 3 nitrogen and oxygen atoms in total. The fourth-order valence-electron chi connectivity index (χ4n) is 3.33. The number of hydrogen-bond acceptors (Lipinski definition) is 3. The first kappa shape index (κ1) is 12.7. The van der Waals surface area contributed by atoms with Gasteiger partial charge in [0.2, 0.25) is 5.91 Å². The van der Waals surface area contributed by atoms with Crippen molar-refractivity contribution < 1.29 is 4.79 Å². The number of nitriles is 1. The van der Waals surface area contributed by atoms with Gasteiger partial charge in [0, 0.05) is 10.9 Å². The Balaban J connectivity index is 1.71. The molecule has 0 radical (unpaired) electrons. The van der Waals surface area contributed by atoms with Crippen molar-refractivity contribution in [3.63, 3.8) is 0 Å². The summed E-state index contributed by atoms with van der Waals surface area (Å²) in [6, 6.07) is 4.49. The predicted octanol–water partition coefficient (Wildman–Crippen LogP) is 2.98. The van der Waals surface area contributed by atoms with E-state index < -0.39 is 0 Å². The number of hydrogen-bond donors (Lipinski definition) is 1. The topological polar surface area (TPSA) is 52.9 Å². The molecular formula is C15H18N2OS. The Bertz CT molecular complexity index is 516. The van der Waals surface area contributed by atoms with E-state index in [0.717, 1.165) is 38.5 Å². The zero-order valence-electron chi connectivity index (χ0n) is 10.9. The molecule has 1 N–H and O–H groups in total. The van der Waals surface area contributed by atoms with Gasteiger partial charge in [0.1, 0.15) is 0 Å². The molecule has 1 aromatic heterocycles. The zero-order valence-corrected chi connectivity index (χ0v) is 11.7. The Morgan fingerprint density at radius 2 is 2.26 bits per heavy atom. The standard InChI is InChI=1S/C15H18N2OS/c16-9-10-3-1-5-13(10)17-15(18)12-4-2-6-14-11(12)7-8-19-14/h7-8,10,12-13H,1-6H2,(H,17,18). The van der Waals surface area contributed by atoms with Crippen molar-refractivity contribution in [1.82, 2.24) is 5.32 Å². The van der Waals surface area contributed by atoms with E-state index in [2.05, 4.69) is 22.8 Å². The number of nitrogens with one attached hydrogen (secondary N) is 1. The average molecular weight is 274 g/mol. The van der Waals surface area contributed by atoms with Crippen LogP contribution in [-0.2, 0) is 11.2 Å². The maximum atomic E-state index is 12.5. The number of rotatable bonds is 2. The third kappa shape index (κ3) is 2.40. The molecule has 1 saturated carbocycles. The van der Waals surface area contributed by atoms with Gasteiger partial charge in [-0.25, -0.2) is 0 Å². The van der Waals surface area contributed by atoms with Crippen LogP contribution >= 0.6 is 11.3 Å². The monoisotopic (exact) mass is 274 g/mol. The van der Waals surface area contributed by atoms with Crippen LogP contribution < -0.4 is 5.32 Å². The Labute approximate surface area is 117 Å². The predicted molar refractivity (Wildman–Crippen MR) is 74.9 cm³/mol. The van der Waals surface area contributed by atoms with Gasteiger partial charge in [0.25, 0.3) is 0 Å². The average Bonchev–Trinajstić information content (AvgIpc) is 3.05. The SMILES string of the molecule is N#CC1CCCC1NC(=O)C1CCCc2sccc21. The number of aryl methyl sites for hydroxylation is 1. The van der Waals surface area contributed by atoms with Gasteiger partial charge in [-0.2, -0.15) is 5.26 Å². The molecule has 0 bridgehead atoms. The Kier molecular flexibility index (Phi) is 3.56. The summed E-state index contributed by atoms with van der Waals surface area (Å²) in [5.41, 5.74) is 1.22. The zero-order chi connectivity index (χ0) is 13.2. The lowest BCUT2D eigenvalue weighted by Crippen LogP contribution is -2.40. The maximum Gasteiger partial charge on any atom is 0.227 e. The highest BCUT2D eigenvalue weighted by Gasteiger charge is 2.33. The van der Waals surface area contributed by atoms with Crippen molar-refractivity contribution in [2.24, 2.45) is 5.92 Å². The molecule has 0 aromatic carbocycles. The number of carbonyl (C=O) groups excluding carboxylic acids is 1. The Hall–Kier alpha value is -1.34. The highest BCUT2D eigenvalue weighted by molar-refractivity contribution is 7.10. The number of nitrogens with zero attached hydrogens (tertiary/aromatic N) is 1. The first-order valence-electron chi connectivity index (χ1n) is 7.06. The summed E-state index contributed by atoms with van der Waals surface area (Å²) in [6.45, 7) is 0. The fraction of sp³-hybridized carbons (Fsp3) is 0.600. The quantitative estimate of drug-likeness (QED) is 0.901. The second kappa shape index (κ2) is 5.34. The van der Waals surface area contributed by atoms with E-state index in [1.165, 1.54) is 10.4 Å². The number of amides is 1. The van der Waals surface area contributed by atoms with Crippen molar-refractivity contribution in [3.8, 4) is 6.07 Å². The molecule has 1 fully saturated rings. The second-order valence-electron chi connectivity index (χ2n) is 5.53. The van der Waals surface area contributed by atoms with Crippen LogP contribution in [0, 0.1) is 17.2 Å². The summed E-state index contributed by atoms with van der Waals surface area (Å²) < 4.78 is 0. The molecule has 1 heterocycles. The molecule has 1 amide bonds. The lowest BCUT2D eigenvalue weighted by Gasteiger charge is -2.24. The Morgan fingerprint density at radius 3 is 3.11 bits per heavy atom. The molecule has 1 aromatic rings. The van der Waals surface area contributed by atoms with E-state index >= 15 is 0 Å². The van der Waals surface area contributed by atoms with Crippen molar-refractivity contribution in [2.45, 2.75) is 50.5 Å². The molecular weight excluding hydrogens is 256 g/mol. The highest BCUT2D eigenvalue weighted by Crippen LogP contribution is 2.35. The van der Waals surface area contributed by atoms with Crippen LogP contribution in [0.5, 0.6) is 0 Å². The van der Waals surface area contributed by atoms with Gasteiger partial charge in [-0.15, -0.1) is 11.3 Å². The van der Waals surface area contributed by atoms with Crippen LogP contribution in [-0.4, -0.2) is 11.9 Å². The first-order chi connectivity index (χ1) is 9.29. The van der Waals surface area contributed by atoms with Crippen molar-refractivity contribution in [3.05, 3.63) is 21.9 Å². The van der Waals surface area contributed by atoms with Gasteiger partial charge in [-0.3, -0.25) is 4.79 Å². The lowest BCUT2D eigenvalue weighted by atomic mass is 9.87. The van der Waals surface area contributed by atoms with Gasteiger partial charge in [0.15, 0.2) is 0 Å². The van der Waals surface area contributed by atoms with Gasteiger partial charge >= 0.3 is 0 Å². The highest BCUT2D eigenvalue weighted by atomic mass is 32.1. The first-order valence-corrected chi connectivity index (χ1v) is 7.94. The summed E-state index contributed by atoms with van der Waals surface area (Å²) in [4.78, 5) is 13.8. The largest absolute Gasteiger partial charge is 0.352 e. The third-order valence-corrected chi connectivity index (χ3v) is 5.37. The van der Waals surface area contributed by atoms with Crippen LogP contribution in [0.3, 0.4) is 0 Å². The molecule has 19 heavy (non-hydrogen) atoms. The summed E-state index contributed by atoms with van der Waals surface area (Å²) in [5.74, 6) is 0.149. The van der Waals surface area contributed by atoms with E-state index in [4.69, 9.17) is 5.26 Å². The summed E-state index contributed by atoms with van der Waals surface area (Å²) in [6.07, 6.45) is 6.08. The van der Waals surface area contributed by atoms with Gasteiger partial charge in [0.05, 0.1) is 17.9 Å². The van der Waals surface area contributed by atoms with Crippen LogP contribution in [0.15, 0.2) is 11.4 Å².